The third kappa shape index (κ3) is 6.02. The number of rotatable bonds is 9. The Kier molecular flexibility index (Phi) is 8.49. The molecule has 2 N–H and O–H groups in total. The van der Waals surface area contributed by atoms with Gasteiger partial charge in [0.2, 0.25) is 5.88 Å². The summed E-state index contributed by atoms with van der Waals surface area (Å²) >= 11 is 0. The molecule has 0 unspecified atom stereocenters. The number of nitriles is 1. The van der Waals surface area contributed by atoms with E-state index in [-0.39, 0.29) is 42.6 Å². The lowest BCUT2D eigenvalue weighted by Gasteiger charge is -2.23. The Bertz CT molecular complexity index is 1520. The Hall–Kier alpha value is -5.23. The summed E-state index contributed by atoms with van der Waals surface area (Å²) < 4.78 is 10.7. The van der Waals surface area contributed by atoms with Crippen LogP contribution in [0.4, 0.5) is 11.4 Å². The molecule has 0 saturated heterocycles. The fourth-order valence-corrected chi connectivity index (χ4v) is 3.98. The number of ether oxygens (including phenoxy) is 2. The average Bonchev–Trinajstić information content (AvgIpc) is 2.96. The molecule has 4 aromatic rings. The van der Waals surface area contributed by atoms with E-state index in [2.05, 4.69) is 9.97 Å². The van der Waals surface area contributed by atoms with Gasteiger partial charge in [0.25, 0.3) is 5.91 Å². The second-order valence-corrected chi connectivity index (χ2v) is 8.37. The standard InChI is InChI=1S/C30H27N5O4/c1-3-38-28-24(17-31)25(32)16-27(34-28)29(36)35(21-10-6-5-7-11-21)19-20-14-15-26(33-18-20)22-12-8-9-13-23(22)30(37)39-4-2/h5-16,18H,3-4,19H2,1-2H3,(H2,32,34). The molecule has 0 aliphatic rings. The molecule has 0 saturated carbocycles. The van der Waals surface area contributed by atoms with Gasteiger partial charge in [0.1, 0.15) is 17.3 Å². The zero-order valence-electron chi connectivity index (χ0n) is 21.6. The molecule has 1 amide bonds. The molecule has 2 aromatic heterocycles. The topological polar surface area (TPSA) is 131 Å². The summed E-state index contributed by atoms with van der Waals surface area (Å²) in [5.41, 5.74) is 9.37. The minimum atomic E-state index is -0.421. The molecule has 39 heavy (non-hydrogen) atoms. The van der Waals surface area contributed by atoms with Crippen LogP contribution in [0.5, 0.6) is 5.88 Å². The number of nitrogen functional groups attached to an aromatic ring is 1. The van der Waals surface area contributed by atoms with E-state index in [1.54, 1.807) is 43.1 Å². The monoisotopic (exact) mass is 521 g/mol. The van der Waals surface area contributed by atoms with Gasteiger partial charge < -0.3 is 20.1 Å². The smallest absolute Gasteiger partial charge is 0.338 e. The SMILES string of the molecule is CCOC(=O)c1ccccc1-c1ccc(CN(C(=O)c2cc(N)c(C#N)c(OCC)n2)c2ccccc2)cn1. The molecule has 2 heterocycles. The number of anilines is 2. The van der Waals surface area contributed by atoms with Crippen molar-refractivity contribution in [2.45, 2.75) is 20.4 Å². The Morgan fingerprint density at radius 3 is 2.41 bits per heavy atom. The van der Waals surface area contributed by atoms with Gasteiger partial charge in [-0.3, -0.25) is 9.78 Å². The maximum atomic E-state index is 13.7. The van der Waals surface area contributed by atoms with Crippen LogP contribution in [0.1, 0.15) is 45.8 Å². The Labute approximate surface area is 226 Å². The van der Waals surface area contributed by atoms with Gasteiger partial charge in [0.05, 0.1) is 36.7 Å². The van der Waals surface area contributed by atoms with E-state index in [1.165, 1.54) is 6.07 Å². The number of esters is 1. The second kappa shape index (κ2) is 12.3. The number of aromatic nitrogens is 2. The van der Waals surface area contributed by atoms with Crippen molar-refractivity contribution in [2.24, 2.45) is 0 Å². The predicted molar refractivity (Wildman–Crippen MR) is 147 cm³/mol. The molecule has 0 spiro atoms. The first-order valence-corrected chi connectivity index (χ1v) is 12.4. The molecule has 9 nitrogen and oxygen atoms in total. The van der Waals surface area contributed by atoms with Crippen molar-refractivity contribution >= 4 is 23.3 Å². The molecule has 0 fully saturated rings. The van der Waals surface area contributed by atoms with Crippen molar-refractivity contribution in [1.82, 2.24) is 9.97 Å². The number of pyridine rings is 2. The summed E-state index contributed by atoms with van der Waals surface area (Å²) in [6.45, 7) is 4.23. The van der Waals surface area contributed by atoms with E-state index in [9.17, 15) is 14.9 Å². The number of amides is 1. The Balaban J connectivity index is 1.67. The summed E-state index contributed by atoms with van der Waals surface area (Å²) in [5.74, 6) is -0.821. The lowest BCUT2D eigenvalue weighted by atomic mass is 10.0. The Morgan fingerprint density at radius 2 is 1.74 bits per heavy atom. The van der Waals surface area contributed by atoms with Gasteiger partial charge in [0.15, 0.2) is 0 Å². The number of nitrogens with two attached hydrogens (primary N) is 1. The summed E-state index contributed by atoms with van der Waals surface area (Å²) in [4.78, 5) is 36.6. The fraction of sp³-hybridized carbons (Fsp3) is 0.167. The number of hydrogen-bond donors (Lipinski definition) is 1. The third-order valence-corrected chi connectivity index (χ3v) is 5.81. The van der Waals surface area contributed by atoms with Crippen molar-refractivity contribution in [2.75, 3.05) is 23.8 Å². The lowest BCUT2D eigenvalue weighted by molar-refractivity contribution is 0.0527. The highest BCUT2D eigenvalue weighted by Crippen LogP contribution is 2.27. The quantitative estimate of drug-likeness (QED) is 0.304. The van der Waals surface area contributed by atoms with Crippen LogP contribution in [0.2, 0.25) is 0 Å². The Morgan fingerprint density at radius 1 is 1.00 bits per heavy atom. The van der Waals surface area contributed by atoms with Gasteiger partial charge in [-0.15, -0.1) is 0 Å². The average molecular weight is 522 g/mol. The van der Waals surface area contributed by atoms with Gasteiger partial charge in [-0.25, -0.2) is 9.78 Å². The van der Waals surface area contributed by atoms with Gasteiger partial charge in [-0.1, -0.05) is 42.5 Å². The van der Waals surface area contributed by atoms with Crippen molar-refractivity contribution in [1.29, 1.82) is 5.26 Å². The number of hydrogen-bond acceptors (Lipinski definition) is 8. The molecule has 0 radical (unpaired) electrons. The summed E-state index contributed by atoms with van der Waals surface area (Å²) in [6, 6.07) is 23.3. The first-order chi connectivity index (χ1) is 19.0. The molecule has 9 heteroatoms. The molecule has 0 aliphatic carbocycles. The van der Waals surface area contributed by atoms with E-state index < -0.39 is 11.9 Å². The summed E-state index contributed by atoms with van der Waals surface area (Å²) in [7, 11) is 0. The molecular formula is C30H27N5O4. The van der Waals surface area contributed by atoms with Crippen LogP contribution in [0.3, 0.4) is 0 Å². The van der Waals surface area contributed by atoms with Crippen LogP contribution in [0, 0.1) is 11.3 Å². The van der Waals surface area contributed by atoms with Crippen molar-refractivity contribution in [3.8, 4) is 23.2 Å². The molecule has 4 rings (SSSR count). The van der Waals surface area contributed by atoms with Gasteiger partial charge >= 0.3 is 5.97 Å². The molecular weight excluding hydrogens is 494 g/mol. The number of carbonyl (C=O) groups is 2. The molecule has 0 atom stereocenters. The highest BCUT2D eigenvalue weighted by molar-refractivity contribution is 6.05. The van der Waals surface area contributed by atoms with Crippen LogP contribution in [-0.2, 0) is 11.3 Å². The number of nitrogens with zero attached hydrogens (tertiary/aromatic N) is 4. The zero-order chi connectivity index (χ0) is 27.8. The van der Waals surface area contributed by atoms with Crippen LogP contribution in [0.25, 0.3) is 11.3 Å². The molecule has 196 valence electrons. The molecule has 0 aliphatic heterocycles. The minimum absolute atomic E-state index is 0.0163. The molecule has 0 bridgehead atoms. The van der Waals surface area contributed by atoms with Gasteiger partial charge in [-0.2, -0.15) is 5.26 Å². The van der Waals surface area contributed by atoms with E-state index in [0.29, 0.717) is 22.5 Å². The van der Waals surface area contributed by atoms with Crippen LogP contribution < -0.4 is 15.4 Å². The first-order valence-electron chi connectivity index (χ1n) is 12.4. The van der Waals surface area contributed by atoms with Crippen LogP contribution >= 0.6 is 0 Å². The first kappa shape index (κ1) is 26.8. The van der Waals surface area contributed by atoms with Gasteiger partial charge in [-0.05, 0) is 49.7 Å². The highest BCUT2D eigenvalue weighted by atomic mass is 16.5. The molecule has 2 aromatic carbocycles. The summed E-state index contributed by atoms with van der Waals surface area (Å²) in [5, 5.41) is 9.44. The second-order valence-electron chi connectivity index (χ2n) is 8.37. The van der Waals surface area contributed by atoms with E-state index in [4.69, 9.17) is 15.2 Å². The predicted octanol–water partition coefficient (Wildman–Crippen LogP) is 5.02. The fourth-order valence-electron chi connectivity index (χ4n) is 3.98. The summed E-state index contributed by atoms with van der Waals surface area (Å²) in [6.07, 6.45) is 1.66. The maximum absolute atomic E-state index is 13.7. The van der Waals surface area contributed by atoms with E-state index in [1.807, 2.05) is 54.6 Å². The number of carbonyl (C=O) groups excluding carboxylic acids is 2. The van der Waals surface area contributed by atoms with Crippen molar-refractivity contribution < 1.29 is 19.1 Å². The van der Waals surface area contributed by atoms with Crippen LogP contribution in [-0.4, -0.2) is 35.1 Å². The maximum Gasteiger partial charge on any atom is 0.338 e. The van der Waals surface area contributed by atoms with Crippen molar-refractivity contribution in [3.63, 3.8) is 0 Å². The third-order valence-electron chi connectivity index (χ3n) is 5.81. The minimum Gasteiger partial charge on any atom is -0.477 e. The van der Waals surface area contributed by atoms with Crippen LogP contribution in [0.15, 0.2) is 79.0 Å². The van der Waals surface area contributed by atoms with E-state index >= 15 is 0 Å². The normalized spacial score (nSPS) is 10.4. The zero-order valence-corrected chi connectivity index (χ0v) is 21.6. The largest absolute Gasteiger partial charge is 0.477 e. The lowest BCUT2D eigenvalue weighted by Crippen LogP contribution is -2.31. The van der Waals surface area contributed by atoms with Crippen molar-refractivity contribution in [3.05, 3.63) is 101 Å². The number of para-hydroxylation sites is 1. The van der Waals surface area contributed by atoms with E-state index in [0.717, 1.165) is 5.56 Å². The number of benzene rings is 2. The highest BCUT2D eigenvalue weighted by Gasteiger charge is 2.23. The van der Waals surface area contributed by atoms with Gasteiger partial charge in [0, 0.05) is 17.4 Å².